The maximum Gasteiger partial charge on any atom is 0.417 e. The summed E-state index contributed by atoms with van der Waals surface area (Å²) in [5.74, 6) is 1.37. The Bertz CT molecular complexity index is 847. The molecule has 1 amide bonds. The number of piperidine rings is 1. The van der Waals surface area contributed by atoms with Crippen molar-refractivity contribution >= 4 is 11.8 Å². The summed E-state index contributed by atoms with van der Waals surface area (Å²) in [6.07, 6.45) is 7.09. The molecule has 2 fully saturated rings. The van der Waals surface area contributed by atoms with E-state index in [0.29, 0.717) is 11.8 Å². The lowest BCUT2D eigenvalue weighted by molar-refractivity contribution is 0.0795. The van der Waals surface area contributed by atoms with Crippen LogP contribution in [0, 0.1) is 5.92 Å². The van der Waals surface area contributed by atoms with Crippen LogP contribution in [0.5, 0.6) is 5.75 Å². The van der Waals surface area contributed by atoms with Crippen molar-refractivity contribution < 1.29 is 9.53 Å². The summed E-state index contributed by atoms with van der Waals surface area (Å²) >= 11 is 0. The van der Waals surface area contributed by atoms with Crippen molar-refractivity contribution in [3.63, 3.8) is 0 Å². The van der Waals surface area contributed by atoms with Crippen LogP contribution in [0.3, 0.4) is 0 Å². The van der Waals surface area contributed by atoms with E-state index in [1.54, 1.807) is 0 Å². The largest absolute Gasteiger partial charge is 0.417 e. The molecule has 1 aliphatic heterocycles. The van der Waals surface area contributed by atoms with Crippen LogP contribution in [0.1, 0.15) is 43.2 Å². The molecule has 1 heterocycles. The third-order valence-electron chi connectivity index (χ3n) is 6.85. The molecule has 2 aromatic rings. The highest BCUT2D eigenvalue weighted by molar-refractivity contribution is 5.86. The highest BCUT2D eigenvalue weighted by Crippen LogP contribution is 2.54. The van der Waals surface area contributed by atoms with Crippen LogP contribution >= 0.6 is 0 Å². The lowest BCUT2D eigenvalue weighted by Gasteiger charge is -2.56. The quantitative estimate of drug-likeness (QED) is 0.818. The summed E-state index contributed by atoms with van der Waals surface area (Å²) in [4.78, 5) is 12.3. The van der Waals surface area contributed by atoms with Crippen molar-refractivity contribution in [2.75, 3.05) is 11.9 Å². The fourth-order valence-corrected chi connectivity index (χ4v) is 5.74. The van der Waals surface area contributed by atoms with Gasteiger partial charge in [-0.05, 0) is 73.5 Å². The number of anilines is 1. The van der Waals surface area contributed by atoms with Gasteiger partial charge < -0.3 is 10.1 Å². The number of benzene rings is 2. The number of rotatable bonds is 2. The maximum atomic E-state index is 12.3. The summed E-state index contributed by atoms with van der Waals surface area (Å²) in [6.45, 7) is 1.10. The summed E-state index contributed by atoms with van der Waals surface area (Å²) in [5.41, 5.74) is 3.89. The molecule has 1 saturated heterocycles. The van der Waals surface area contributed by atoms with E-state index in [2.05, 4.69) is 22.8 Å². The van der Waals surface area contributed by atoms with Crippen molar-refractivity contribution in [3.8, 4) is 5.75 Å². The van der Waals surface area contributed by atoms with Gasteiger partial charge in [-0.25, -0.2) is 4.79 Å². The molecule has 2 aromatic carbocycles. The monoisotopic (exact) mass is 362 g/mol. The molecule has 3 aliphatic rings. The van der Waals surface area contributed by atoms with Gasteiger partial charge in [-0.3, -0.25) is 5.32 Å². The molecule has 2 bridgehead atoms. The molecule has 0 spiro atoms. The predicted molar refractivity (Wildman–Crippen MR) is 106 cm³/mol. The lowest BCUT2D eigenvalue weighted by Crippen LogP contribution is -2.59. The van der Waals surface area contributed by atoms with E-state index in [1.165, 1.54) is 43.2 Å². The Morgan fingerprint density at radius 3 is 2.89 bits per heavy atom. The SMILES string of the molecule is O=C(Nc1ccccc1)Oc1ccc2c(c1)C13CCCCC1C(C2)NCC3. The third-order valence-corrected chi connectivity index (χ3v) is 6.85. The van der Waals surface area contributed by atoms with Gasteiger partial charge in [0.1, 0.15) is 5.75 Å². The number of para-hydroxylation sites is 1. The molecule has 0 aromatic heterocycles. The number of nitrogens with one attached hydrogen (secondary N) is 2. The Hall–Kier alpha value is -2.33. The van der Waals surface area contributed by atoms with Gasteiger partial charge >= 0.3 is 6.09 Å². The zero-order chi connectivity index (χ0) is 18.3. The normalized spacial score (nSPS) is 28.6. The van der Waals surface area contributed by atoms with Crippen LogP contribution in [-0.4, -0.2) is 18.7 Å². The van der Waals surface area contributed by atoms with Crippen LogP contribution in [-0.2, 0) is 11.8 Å². The number of amides is 1. The zero-order valence-corrected chi connectivity index (χ0v) is 15.5. The van der Waals surface area contributed by atoms with Gasteiger partial charge in [0.2, 0.25) is 0 Å². The minimum absolute atomic E-state index is 0.275. The van der Waals surface area contributed by atoms with Crippen molar-refractivity contribution in [3.05, 3.63) is 59.7 Å². The van der Waals surface area contributed by atoms with Crippen molar-refractivity contribution in [1.82, 2.24) is 5.32 Å². The molecular formula is C23H26N2O2. The first-order valence-corrected chi connectivity index (χ1v) is 10.2. The first kappa shape index (κ1) is 16.8. The maximum absolute atomic E-state index is 12.3. The number of ether oxygens (including phenoxy) is 1. The standard InChI is InChI=1S/C23H26N2O2/c26-22(25-17-6-2-1-3-7-17)27-18-10-9-16-14-21-19-8-4-5-11-23(19,12-13-24-21)20(16)15-18/h1-3,6-7,9-10,15,19,21,24H,4-5,8,11-14H2,(H,25,26). The Balaban J connectivity index is 1.42. The van der Waals surface area contributed by atoms with Gasteiger partial charge in [-0.15, -0.1) is 0 Å². The molecule has 5 rings (SSSR count). The number of carbonyl (C=O) groups excluding carboxylic acids is 1. The Kier molecular flexibility index (Phi) is 4.16. The Morgan fingerprint density at radius 2 is 2.00 bits per heavy atom. The summed E-state index contributed by atoms with van der Waals surface area (Å²) in [6, 6.07) is 16.3. The van der Waals surface area contributed by atoms with Crippen LogP contribution in [0.25, 0.3) is 0 Å². The first-order chi connectivity index (χ1) is 13.2. The minimum atomic E-state index is -0.433. The number of hydrogen-bond acceptors (Lipinski definition) is 3. The molecule has 1 saturated carbocycles. The molecule has 3 atom stereocenters. The fraction of sp³-hybridized carbons (Fsp3) is 0.435. The predicted octanol–water partition coefficient (Wildman–Crippen LogP) is 4.64. The highest BCUT2D eigenvalue weighted by atomic mass is 16.6. The van der Waals surface area contributed by atoms with Gasteiger partial charge in [0.05, 0.1) is 0 Å². The summed E-state index contributed by atoms with van der Waals surface area (Å²) < 4.78 is 5.63. The average molecular weight is 362 g/mol. The smallest absolute Gasteiger partial charge is 0.410 e. The highest BCUT2D eigenvalue weighted by Gasteiger charge is 2.51. The van der Waals surface area contributed by atoms with Gasteiger partial charge in [0.15, 0.2) is 0 Å². The van der Waals surface area contributed by atoms with E-state index < -0.39 is 6.09 Å². The Morgan fingerprint density at radius 1 is 1.11 bits per heavy atom. The van der Waals surface area contributed by atoms with Gasteiger partial charge in [-0.2, -0.15) is 0 Å². The van der Waals surface area contributed by atoms with E-state index in [-0.39, 0.29) is 5.41 Å². The molecule has 2 aliphatic carbocycles. The zero-order valence-electron chi connectivity index (χ0n) is 15.5. The number of hydrogen-bond donors (Lipinski definition) is 2. The van der Waals surface area contributed by atoms with Gasteiger partial charge in [0.25, 0.3) is 0 Å². The second-order valence-electron chi connectivity index (χ2n) is 8.22. The number of fused-ring (bicyclic) bond motifs is 1. The molecule has 140 valence electrons. The van der Waals surface area contributed by atoms with E-state index in [4.69, 9.17) is 4.74 Å². The van der Waals surface area contributed by atoms with Crippen molar-refractivity contribution in [1.29, 1.82) is 0 Å². The van der Waals surface area contributed by atoms with Crippen LogP contribution < -0.4 is 15.4 Å². The van der Waals surface area contributed by atoms with E-state index in [9.17, 15) is 4.79 Å². The third kappa shape index (κ3) is 2.92. The topological polar surface area (TPSA) is 50.4 Å². The lowest BCUT2D eigenvalue weighted by atomic mass is 9.53. The second kappa shape index (κ2) is 6.68. The van der Waals surface area contributed by atoms with E-state index in [1.807, 2.05) is 36.4 Å². The van der Waals surface area contributed by atoms with E-state index in [0.717, 1.165) is 24.6 Å². The first-order valence-electron chi connectivity index (χ1n) is 10.2. The Labute approximate surface area is 160 Å². The van der Waals surface area contributed by atoms with Crippen LogP contribution in [0.2, 0.25) is 0 Å². The summed E-state index contributed by atoms with van der Waals surface area (Å²) in [5, 5.41) is 6.56. The van der Waals surface area contributed by atoms with E-state index >= 15 is 0 Å². The molecule has 4 nitrogen and oxygen atoms in total. The molecule has 3 unspecified atom stereocenters. The molecular weight excluding hydrogens is 336 g/mol. The van der Waals surface area contributed by atoms with Gasteiger partial charge in [0, 0.05) is 17.1 Å². The average Bonchev–Trinajstić information content (AvgIpc) is 2.69. The van der Waals surface area contributed by atoms with Crippen LogP contribution in [0.15, 0.2) is 48.5 Å². The fourth-order valence-electron chi connectivity index (χ4n) is 5.74. The minimum Gasteiger partial charge on any atom is -0.410 e. The molecule has 4 heteroatoms. The molecule has 2 N–H and O–H groups in total. The summed E-state index contributed by atoms with van der Waals surface area (Å²) in [7, 11) is 0. The number of carbonyl (C=O) groups is 1. The van der Waals surface area contributed by atoms with Crippen molar-refractivity contribution in [2.45, 2.75) is 50.0 Å². The van der Waals surface area contributed by atoms with Crippen molar-refractivity contribution in [2.24, 2.45) is 5.92 Å². The van der Waals surface area contributed by atoms with Crippen LogP contribution in [0.4, 0.5) is 10.5 Å². The second-order valence-corrected chi connectivity index (χ2v) is 8.22. The molecule has 27 heavy (non-hydrogen) atoms. The molecule has 0 radical (unpaired) electrons. The van der Waals surface area contributed by atoms with Gasteiger partial charge in [-0.1, -0.05) is 37.1 Å².